The highest BCUT2D eigenvalue weighted by atomic mass is 32.2. The summed E-state index contributed by atoms with van der Waals surface area (Å²) in [6.45, 7) is 1.92. The van der Waals surface area contributed by atoms with E-state index in [1.165, 1.54) is 17.8 Å². The lowest BCUT2D eigenvalue weighted by atomic mass is 10.1. The van der Waals surface area contributed by atoms with Gasteiger partial charge in [0.2, 0.25) is 5.16 Å². The van der Waals surface area contributed by atoms with Gasteiger partial charge in [0.1, 0.15) is 17.3 Å². The van der Waals surface area contributed by atoms with Gasteiger partial charge in [0.25, 0.3) is 0 Å². The number of H-pyrrole nitrogens is 1. The highest BCUT2D eigenvalue weighted by Crippen LogP contribution is 2.36. The lowest BCUT2D eigenvalue weighted by Crippen LogP contribution is -1.93. The topological polar surface area (TPSA) is 60.0 Å². The normalized spacial score (nSPS) is 12.0. The fourth-order valence-corrected chi connectivity index (χ4v) is 3.32. The largest absolute Gasteiger partial charge is 0.497 e. The average Bonchev–Trinajstić information content (AvgIpc) is 3.09. The molecule has 0 spiro atoms. The first kappa shape index (κ1) is 17.3. The monoisotopic (exact) mass is 359 g/mol. The number of thioether (sulfide) groups is 1. The van der Waals surface area contributed by atoms with Crippen molar-refractivity contribution in [2.24, 2.45) is 0 Å². The fourth-order valence-electron chi connectivity index (χ4n) is 2.44. The van der Waals surface area contributed by atoms with E-state index < -0.39 is 0 Å². The van der Waals surface area contributed by atoms with Crippen LogP contribution in [-0.2, 0) is 0 Å². The van der Waals surface area contributed by atoms with E-state index in [-0.39, 0.29) is 11.1 Å². The number of aromatic nitrogens is 3. The number of benzene rings is 2. The molecule has 1 aromatic heterocycles. The van der Waals surface area contributed by atoms with Crippen LogP contribution < -0.4 is 9.47 Å². The van der Waals surface area contributed by atoms with Crippen molar-refractivity contribution in [1.29, 1.82) is 0 Å². The van der Waals surface area contributed by atoms with Crippen molar-refractivity contribution in [2.45, 2.75) is 17.3 Å². The number of methoxy groups -OCH3 is 2. The molecule has 0 aliphatic heterocycles. The summed E-state index contributed by atoms with van der Waals surface area (Å²) >= 11 is 1.39. The fraction of sp³-hybridized carbons (Fsp3) is 0.222. The Bertz CT molecular complexity index is 869. The van der Waals surface area contributed by atoms with Crippen LogP contribution in [0.1, 0.15) is 17.7 Å². The molecule has 0 radical (unpaired) electrons. The molecule has 1 atom stereocenters. The van der Waals surface area contributed by atoms with Gasteiger partial charge in [-0.15, -0.1) is 5.10 Å². The highest BCUT2D eigenvalue weighted by Gasteiger charge is 2.17. The minimum Gasteiger partial charge on any atom is -0.497 e. The van der Waals surface area contributed by atoms with Crippen molar-refractivity contribution in [1.82, 2.24) is 15.2 Å². The Morgan fingerprint density at radius 3 is 2.64 bits per heavy atom. The first-order valence-corrected chi connectivity index (χ1v) is 8.56. The van der Waals surface area contributed by atoms with Crippen LogP contribution in [0.4, 0.5) is 4.39 Å². The lowest BCUT2D eigenvalue weighted by Gasteiger charge is -2.09. The maximum absolute atomic E-state index is 13.9. The molecule has 3 aromatic rings. The smallest absolute Gasteiger partial charge is 0.209 e. The van der Waals surface area contributed by atoms with E-state index in [9.17, 15) is 4.39 Å². The lowest BCUT2D eigenvalue weighted by molar-refractivity contribution is 0.395. The Morgan fingerprint density at radius 1 is 1.12 bits per heavy atom. The molecule has 0 saturated carbocycles. The van der Waals surface area contributed by atoms with Crippen molar-refractivity contribution in [3.63, 3.8) is 0 Å². The van der Waals surface area contributed by atoms with E-state index in [1.54, 1.807) is 32.4 Å². The maximum atomic E-state index is 13.9. The van der Waals surface area contributed by atoms with Gasteiger partial charge in [0, 0.05) is 16.9 Å². The molecule has 3 rings (SSSR count). The van der Waals surface area contributed by atoms with Gasteiger partial charge < -0.3 is 9.47 Å². The SMILES string of the molecule is COc1ccc(-c2nc(S[C@@H](C)c3ccccc3F)n[nH]2)c(OC)c1. The quantitative estimate of drug-likeness (QED) is 0.658. The van der Waals surface area contributed by atoms with Crippen molar-refractivity contribution >= 4 is 11.8 Å². The summed E-state index contributed by atoms with van der Waals surface area (Å²) in [5.74, 6) is 1.69. The molecule has 7 heteroatoms. The number of rotatable bonds is 6. The zero-order chi connectivity index (χ0) is 17.8. The first-order valence-electron chi connectivity index (χ1n) is 7.68. The molecule has 5 nitrogen and oxygen atoms in total. The third-order valence-corrected chi connectivity index (χ3v) is 4.75. The van der Waals surface area contributed by atoms with E-state index in [0.717, 1.165) is 5.56 Å². The van der Waals surface area contributed by atoms with Crippen LogP contribution in [0.15, 0.2) is 47.6 Å². The zero-order valence-corrected chi connectivity index (χ0v) is 14.9. The number of hydrogen-bond donors (Lipinski definition) is 1. The van der Waals surface area contributed by atoms with Gasteiger partial charge in [0.05, 0.1) is 19.8 Å². The summed E-state index contributed by atoms with van der Waals surface area (Å²) < 4.78 is 24.5. The second-order valence-corrected chi connectivity index (χ2v) is 6.62. The number of nitrogens with zero attached hydrogens (tertiary/aromatic N) is 2. The van der Waals surface area contributed by atoms with Gasteiger partial charge >= 0.3 is 0 Å². The third-order valence-electron chi connectivity index (χ3n) is 3.75. The molecular weight excluding hydrogens is 341 g/mol. The Hall–Kier alpha value is -2.54. The molecule has 1 heterocycles. The molecule has 0 aliphatic carbocycles. The number of hydrogen-bond acceptors (Lipinski definition) is 5. The molecule has 0 bridgehead atoms. The zero-order valence-electron chi connectivity index (χ0n) is 14.1. The predicted octanol–water partition coefficient (Wildman–Crippen LogP) is 4.48. The van der Waals surface area contributed by atoms with E-state index in [4.69, 9.17) is 9.47 Å². The van der Waals surface area contributed by atoms with Crippen molar-refractivity contribution in [3.05, 3.63) is 53.8 Å². The number of nitrogens with one attached hydrogen (secondary N) is 1. The molecule has 0 amide bonds. The Morgan fingerprint density at radius 2 is 1.92 bits per heavy atom. The number of aromatic amines is 1. The molecule has 0 saturated heterocycles. The standard InChI is InChI=1S/C18H18FN3O2S/c1-11(13-6-4-5-7-15(13)19)25-18-20-17(21-22-18)14-9-8-12(23-2)10-16(14)24-3/h4-11H,1-3H3,(H,20,21,22)/t11-/m0/s1. The van der Waals surface area contributed by atoms with Crippen molar-refractivity contribution < 1.29 is 13.9 Å². The molecule has 1 N–H and O–H groups in total. The van der Waals surface area contributed by atoms with Crippen molar-refractivity contribution in [2.75, 3.05) is 14.2 Å². The molecule has 130 valence electrons. The summed E-state index contributed by atoms with van der Waals surface area (Å²) in [4.78, 5) is 4.49. The van der Waals surface area contributed by atoms with Crippen LogP contribution in [0.2, 0.25) is 0 Å². The van der Waals surface area contributed by atoms with E-state index in [2.05, 4.69) is 15.2 Å². The summed E-state index contributed by atoms with van der Waals surface area (Å²) in [6, 6.07) is 12.2. The van der Waals surface area contributed by atoms with Crippen LogP contribution in [0.25, 0.3) is 11.4 Å². The van der Waals surface area contributed by atoms with Gasteiger partial charge in [-0.1, -0.05) is 30.0 Å². The summed E-state index contributed by atoms with van der Waals surface area (Å²) in [5, 5.41) is 7.57. The van der Waals surface area contributed by atoms with Gasteiger partial charge in [-0.2, -0.15) is 0 Å². The average molecular weight is 359 g/mol. The second-order valence-electron chi connectivity index (χ2n) is 5.31. The second kappa shape index (κ2) is 7.57. The van der Waals surface area contributed by atoms with Crippen molar-refractivity contribution in [3.8, 4) is 22.9 Å². The summed E-state index contributed by atoms with van der Waals surface area (Å²) in [6.07, 6.45) is 0. The molecular formula is C18H18FN3O2S. The Balaban J connectivity index is 1.82. The van der Waals surface area contributed by atoms with Crippen LogP contribution >= 0.6 is 11.8 Å². The molecule has 0 fully saturated rings. The molecule has 0 aliphatic rings. The molecule has 2 aromatic carbocycles. The van der Waals surface area contributed by atoms with Crippen LogP contribution in [-0.4, -0.2) is 29.4 Å². The van der Waals surface area contributed by atoms with Gasteiger partial charge in [-0.05, 0) is 25.1 Å². The van der Waals surface area contributed by atoms with Crippen LogP contribution in [0, 0.1) is 5.82 Å². The van der Waals surface area contributed by atoms with Gasteiger partial charge in [-0.3, -0.25) is 5.10 Å². The Labute approximate surface area is 149 Å². The van der Waals surface area contributed by atoms with E-state index >= 15 is 0 Å². The molecule has 0 unspecified atom stereocenters. The third kappa shape index (κ3) is 3.76. The predicted molar refractivity (Wildman–Crippen MR) is 95.6 cm³/mol. The van der Waals surface area contributed by atoms with E-state index in [1.807, 2.05) is 25.1 Å². The van der Waals surface area contributed by atoms with Gasteiger partial charge in [-0.25, -0.2) is 9.37 Å². The highest BCUT2D eigenvalue weighted by molar-refractivity contribution is 7.99. The maximum Gasteiger partial charge on any atom is 0.209 e. The van der Waals surface area contributed by atoms with Crippen LogP contribution in [0.5, 0.6) is 11.5 Å². The van der Waals surface area contributed by atoms with Crippen LogP contribution in [0.3, 0.4) is 0 Å². The minimum absolute atomic E-state index is 0.109. The van der Waals surface area contributed by atoms with Gasteiger partial charge in [0.15, 0.2) is 5.82 Å². The summed E-state index contributed by atoms with van der Waals surface area (Å²) in [7, 11) is 3.19. The summed E-state index contributed by atoms with van der Waals surface area (Å²) in [5.41, 5.74) is 1.40. The first-order chi connectivity index (χ1) is 12.1. The Kier molecular flexibility index (Phi) is 5.23. The number of ether oxygens (including phenoxy) is 2. The van der Waals surface area contributed by atoms with E-state index in [0.29, 0.717) is 28.0 Å². The molecule has 25 heavy (non-hydrogen) atoms. The number of halogens is 1. The minimum atomic E-state index is -0.227.